The summed E-state index contributed by atoms with van der Waals surface area (Å²) in [7, 11) is -3.30. The quantitative estimate of drug-likeness (QED) is 0.884. The van der Waals surface area contributed by atoms with Crippen molar-refractivity contribution in [2.24, 2.45) is 0 Å². The van der Waals surface area contributed by atoms with Crippen LogP contribution in [0, 0.1) is 13.8 Å². The number of anilines is 1. The van der Waals surface area contributed by atoms with Gasteiger partial charge in [-0.3, -0.25) is 4.79 Å². The summed E-state index contributed by atoms with van der Waals surface area (Å²) in [5.74, 6) is -0.473. The van der Waals surface area contributed by atoms with Gasteiger partial charge in [-0.15, -0.1) is 0 Å². The number of amides is 1. The van der Waals surface area contributed by atoms with Crippen molar-refractivity contribution in [1.29, 1.82) is 0 Å². The van der Waals surface area contributed by atoms with Gasteiger partial charge in [-0.2, -0.15) is 0 Å². The third-order valence-corrected chi connectivity index (χ3v) is 5.14. The Morgan fingerprint density at radius 1 is 1.04 bits per heavy atom. The molecule has 5 heteroatoms. The van der Waals surface area contributed by atoms with Crippen LogP contribution in [0.25, 0.3) is 0 Å². The first-order valence-electron chi connectivity index (χ1n) is 7.47. The van der Waals surface area contributed by atoms with Gasteiger partial charge in [0.05, 0.1) is 11.5 Å². The molecule has 2 aromatic rings. The van der Waals surface area contributed by atoms with Crippen molar-refractivity contribution in [1.82, 2.24) is 0 Å². The second-order valence-electron chi connectivity index (χ2n) is 5.69. The van der Waals surface area contributed by atoms with E-state index in [1.165, 1.54) is 0 Å². The van der Waals surface area contributed by atoms with E-state index in [1.807, 2.05) is 38.1 Å². The molecule has 0 aliphatic carbocycles. The molecule has 23 heavy (non-hydrogen) atoms. The number of rotatable bonds is 6. The molecule has 4 nitrogen and oxygen atoms in total. The molecule has 0 aliphatic rings. The molecule has 0 radical (unpaired) electrons. The number of aryl methyl sites for hydroxylation is 2. The van der Waals surface area contributed by atoms with Crippen LogP contribution in [0.3, 0.4) is 0 Å². The lowest BCUT2D eigenvalue weighted by atomic mass is 10.1. The summed E-state index contributed by atoms with van der Waals surface area (Å²) in [6.45, 7) is 3.85. The van der Waals surface area contributed by atoms with Crippen LogP contribution in [0.1, 0.15) is 23.1 Å². The standard InChI is InChI=1S/C18H21NO3S/c1-14-8-9-15(2)17(12-14)19-18(20)10-11-23(21,22)13-16-6-4-3-5-7-16/h3-9,12H,10-11,13H2,1-2H3,(H,19,20). The van der Waals surface area contributed by atoms with Crippen LogP contribution in [0.5, 0.6) is 0 Å². The Kier molecular flexibility index (Phi) is 5.55. The molecule has 0 bridgehead atoms. The minimum absolute atomic E-state index is 0.0371. The highest BCUT2D eigenvalue weighted by Crippen LogP contribution is 2.16. The lowest BCUT2D eigenvalue weighted by Gasteiger charge is -2.09. The molecular formula is C18H21NO3S. The van der Waals surface area contributed by atoms with Crippen LogP contribution in [-0.2, 0) is 20.4 Å². The van der Waals surface area contributed by atoms with Gasteiger partial charge in [0.1, 0.15) is 0 Å². The third-order valence-electron chi connectivity index (χ3n) is 3.54. The van der Waals surface area contributed by atoms with Crippen LogP contribution >= 0.6 is 0 Å². The highest BCUT2D eigenvalue weighted by atomic mass is 32.2. The Morgan fingerprint density at radius 3 is 2.43 bits per heavy atom. The van der Waals surface area contributed by atoms with Gasteiger partial charge in [0.2, 0.25) is 5.91 Å². The first-order valence-corrected chi connectivity index (χ1v) is 9.29. The normalized spacial score (nSPS) is 11.2. The molecule has 0 unspecified atom stereocenters. The molecule has 0 saturated heterocycles. The average molecular weight is 331 g/mol. The highest BCUT2D eigenvalue weighted by molar-refractivity contribution is 7.90. The van der Waals surface area contributed by atoms with E-state index in [0.717, 1.165) is 22.4 Å². The van der Waals surface area contributed by atoms with Gasteiger partial charge in [-0.1, -0.05) is 42.5 Å². The predicted molar refractivity (Wildman–Crippen MR) is 93.1 cm³/mol. The maximum Gasteiger partial charge on any atom is 0.225 e. The number of sulfone groups is 1. The summed E-state index contributed by atoms with van der Waals surface area (Å²) in [4.78, 5) is 12.0. The molecular weight excluding hydrogens is 310 g/mol. The minimum Gasteiger partial charge on any atom is -0.326 e. The number of carbonyl (C=O) groups is 1. The summed E-state index contributed by atoms with van der Waals surface area (Å²) in [5.41, 5.74) is 3.47. The molecule has 0 saturated carbocycles. The second kappa shape index (κ2) is 7.42. The van der Waals surface area contributed by atoms with Crippen molar-refractivity contribution < 1.29 is 13.2 Å². The van der Waals surface area contributed by atoms with Crippen LogP contribution in [0.15, 0.2) is 48.5 Å². The Labute approximate surface area is 137 Å². The summed E-state index contributed by atoms with van der Waals surface area (Å²) in [5, 5.41) is 2.78. The lowest BCUT2D eigenvalue weighted by molar-refractivity contribution is -0.115. The monoisotopic (exact) mass is 331 g/mol. The fourth-order valence-electron chi connectivity index (χ4n) is 2.23. The zero-order valence-electron chi connectivity index (χ0n) is 13.4. The van der Waals surface area contributed by atoms with Gasteiger partial charge in [0, 0.05) is 12.1 Å². The molecule has 1 N–H and O–H groups in total. The van der Waals surface area contributed by atoms with Gasteiger partial charge in [0.25, 0.3) is 0 Å². The van der Waals surface area contributed by atoms with Crippen LogP contribution in [0.2, 0.25) is 0 Å². The van der Waals surface area contributed by atoms with Crippen molar-refractivity contribution in [2.45, 2.75) is 26.0 Å². The Hall–Kier alpha value is -2.14. The van der Waals surface area contributed by atoms with Crippen molar-refractivity contribution >= 4 is 21.4 Å². The lowest BCUT2D eigenvalue weighted by Crippen LogP contribution is -2.18. The topological polar surface area (TPSA) is 63.2 Å². The minimum atomic E-state index is -3.30. The van der Waals surface area contributed by atoms with Crippen molar-refractivity contribution in [3.63, 3.8) is 0 Å². The van der Waals surface area contributed by atoms with E-state index in [1.54, 1.807) is 24.3 Å². The SMILES string of the molecule is Cc1ccc(C)c(NC(=O)CCS(=O)(=O)Cc2ccccc2)c1. The summed E-state index contributed by atoms with van der Waals surface area (Å²) >= 11 is 0. The molecule has 0 aliphatic heterocycles. The van der Waals surface area contributed by atoms with Crippen LogP contribution in [-0.4, -0.2) is 20.1 Å². The molecule has 2 aromatic carbocycles. The first-order chi connectivity index (χ1) is 10.9. The van der Waals surface area contributed by atoms with E-state index in [-0.39, 0.29) is 23.8 Å². The van der Waals surface area contributed by atoms with E-state index >= 15 is 0 Å². The summed E-state index contributed by atoms with van der Waals surface area (Å²) < 4.78 is 24.2. The van der Waals surface area contributed by atoms with Crippen molar-refractivity contribution in [3.05, 3.63) is 65.2 Å². The van der Waals surface area contributed by atoms with Gasteiger partial charge in [-0.25, -0.2) is 8.42 Å². The predicted octanol–water partition coefficient (Wildman–Crippen LogP) is 3.25. The zero-order chi connectivity index (χ0) is 16.9. The maximum atomic E-state index is 12.1. The molecule has 1 amide bonds. The number of hydrogen-bond acceptors (Lipinski definition) is 3. The largest absolute Gasteiger partial charge is 0.326 e. The maximum absolute atomic E-state index is 12.1. The van der Waals surface area contributed by atoms with Crippen LogP contribution < -0.4 is 5.32 Å². The van der Waals surface area contributed by atoms with E-state index in [0.29, 0.717) is 0 Å². The number of carbonyl (C=O) groups excluding carboxylic acids is 1. The van der Waals surface area contributed by atoms with E-state index in [4.69, 9.17) is 0 Å². The van der Waals surface area contributed by atoms with E-state index in [2.05, 4.69) is 5.32 Å². The van der Waals surface area contributed by atoms with Gasteiger partial charge in [-0.05, 0) is 36.6 Å². The van der Waals surface area contributed by atoms with Crippen LogP contribution in [0.4, 0.5) is 5.69 Å². The fraction of sp³-hybridized carbons (Fsp3) is 0.278. The molecule has 122 valence electrons. The molecule has 0 spiro atoms. The second-order valence-corrected chi connectivity index (χ2v) is 7.88. The Morgan fingerprint density at radius 2 is 1.74 bits per heavy atom. The summed E-state index contributed by atoms with van der Waals surface area (Å²) in [6.07, 6.45) is -0.0391. The van der Waals surface area contributed by atoms with E-state index in [9.17, 15) is 13.2 Å². The van der Waals surface area contributed by atoms with Crippen molar-refractivity contribution in [2.75, 3.05) is 11.1 Å². The van der Waals surface area contributed by atoms with E-state index < -0.39 is 9.84 Å². The van der Waals surface area contributed by atoms with Gasteiger partial charge in [0.15, 0.2) is 9.84 Å². The van der Waals surface area contributed by atoms with Gasteiger partial charge >= 0.3 is 0 Å². The smallest absolute Gasteiger partial charge is 0.225 e. The number of nitrogens with one attached hydrogen (secondary N) is 1. The molecule has 0 atom stereocenters. The fourth-order valence-corrected chi connectivity index (χ4v) is 3.57. The Balaban J connectivity index is 1.92. The van der Waals surface area contributed by atoms with Gasteiger partial charge < -0.3 is 5.32 Å². The third kappa shape index (κ3) is 5.53. The number of benzene rings is 2. The molecule has 0 fully saturated rings. The first kappa shape index (κ1) is 17.2. The molecule has 0 aromatic heterocycles. The highest BCUT2D eigenvalue weighted by Gasteiger charge is 2.15. The Bertz CT molecular complexity index is 783. The van der Waals surface area contributed by atoms with Crippen molar-refractivity contribution in [3.8, 4) is 0 Å². The molecule has 2 rings (SSSR count). The number of hydrogen-bond donors (Lipinski definition) is 1. The zero-order valence-corrected chi connectivity index (χ0v) is 14.2. The summed E-state index contributed by atoms with van der Waals surface area (Å²) in [6, 6.07) is 14.8. The molecule has 0 heterocycles. The average Bonchev–Trinajstić information content (AvgIpc) is 2.50.